The predicted molar refractivity (Wildman–Crippen MR) is 127 cm³/mol. The molecule has 13 heteroatoms. The Balaban J connectivity index is 0.00000380. The average molecular weight is 551 g/mol. The zero-order chi connectivity index (χ0) is 26.1. The number of nitrogens with zero attached hydrogens (tertiary/aromatic N) is 3. The average Bonchev–Trinajstić information content (AvgIpc) is 3.52. The molecule has 1 aromatic heterocycles. The number of carbonyl (C=O) groups excluding carboxylic acids is 1. The van der Waals surface area contributed by atoms with Gasteiger partial charge in [-0.2, -0.15) is 18.3 Å². The molecule has 1 aliphatic heterocycles. The lowest BCUT2D eigenvalue weighted by Crippen LogP contribution is -2.45. The highest BCUT2D eigenvalue weighted by molar-refractivity contribution is 5.94. The molecule has 1 amide bonds. The third kappa shape index (κ3) is 6.98. The zero-order valence-electron chi connectivity index (χ0n) is 19.8. The van der Waals surface area contributed by atoms with Gasteiger partial charge in [0.25, 0.3) is 11.8 Å². The van der Waals surface area contributed by atoms with Crippen molar-refractivity contribution in [3.05, 3.63) is 41.6 Å². The highest BCUT2D eigenvalue weighted by Crippen LogP contribution is 2.40. The van der Waals surface area contributed by atoms with Crippen LogP contribution in [0, 0.1) is 0 Å². The first-order valence-corrected chi connectivity index (χ1v) is 11.8. The molecule has 1 saturated carbocycles. The number of hydrogen-bond acceptors (Lipinski definition) is 4. The third-order valence-corrected chi connectivity index (χ3v) is 6.63. The summed E-state index contributed by atoms with van der Waals surface area (Å²) in [7, 11) is 0. The number of aromatic nitrogens is 2. The third-order valence-electron chi connectivity index (χ3n) is 6.63. The molecule has 4 rings (SSSR count). The van der Waals surface area contributed by atoms with Gasteiger partial charge in [0, 0.05) is 25.1 Å². The number of benzene rings is 1. The number of carboxylic acids is 1. The maximum atomic E-state index is 13.7. The maximum absolute atomic E-state index is 13.7. The Bertz CT molecular complexity index is 1120. The summed E-state index contributed by atoms with van der Waals surface area (Å²) in [6, 6.07) is 5.18. The number of likely N-dealkylation sites (tertiary alicyclic amines) is 1. The topological polar surface area (TPSA) is 87.5 Å². The number of hydrogen-bond donors (Lipinski definition) is 2. The van der Waals surface area contributed by atoms with Crippen molar-refractivity contribution in [1.29, 1.82) is 0 Å². The van der Waals surface area contributed by atoms with Crippen LogP contribution in [-0.4, -0.2) is 63.3 Å². The molecule has 0 bridgehead atoms. The number of halogens is 6. The van der Waals surface area contributed by atoms with Crippen molar-refractivity contribution in [3.63, 3.8) is 0 Å². The molecule has 0 radical (unpaired) electrons. The molecule has 2 N–H and O–H groups in total. The Morgan fingerprint density at radius 3 is 2.46 bits per heavy atom. The maximum Gasteiger partial charge on any atom is 0.417 e. The van der Waals surface area contributed by atoms with Crippen LogP contribution in [0.15, 0.2) is 30.3 Å². The number of alkyl halides is 5. The van der Waals surface area contributed by atoms with E-state index in [9.17, 15) is 36.6 Å². The van der Waals surface area contributed by atoms with Crippen LogP contribution in [0.25, 0.3) is 11.3 Å². The Kier molecular flexibility index (Phi) is 8.84. The molecular formula is C24H28ClF5N4O3. The summed E-state index contributed by atoms with van der Waals surface area (Å²) in [5.74, 6) is -4.87. The van der Waals surface area contributed by atoms with E-state index in [1.807, 2.05) is 0 Å². The highest BCUT2D eigenvalue weighted by atomic mass is 35.5. The molecule has 1 aromatic carbocycles. The summed E-state index contributed by atoms with van der Waals surface area (Å²) in [5.41, 5.74) is -0.968. The standard InChI is InChI=1S/C24H27F5N4O3.ClH/c25-23(26)9-10-32(14-23)13-15(11-21(34)35)30-22(36)19-12-20(33(31-19)16-5-1-2-6-16)17-7-3-4-8-18(17)24(27,28)29;/h3-4,7-8,12,15-16H,1-2,5-6,9-11,13-14H2,(H,30,36)(H,34,35);1H/t15-;/m1./s1. The van der Waals surface area contributed by atoms with E-state index < -0.39 is 48.5 Å². The van der Waals surface area contributed by atoms with Crippen LogP contribution < -0.4 is 5.32 Å². The molecule has 2 fully saturated rings. The van der Waals surface area contributed by atoms with Crippen molar-refractivity contribution in [1.82, 2.24) is 20.0 Å². The lowest BCUT2D eigenvalue weighted by atomic mass is 10.0. The second kappa shape index (κ2) is 11.3. The van der Waals surface area contributed by atoms with Gasteiger partial charge < -0.3 is 10.4 Å². The molecule has 37 heavy (non-hydrogen) atoms. The number of carbonyl (C=O) groups is 2. The van der Waals surface area contributed by atoms with Gasteiger partial charge >= 0.3 is 12.1 Å². The second-order valence-electron chi connectivity index (χ2n) is 9.45. The van der Waals surface area contributed by atoms with Gasteiger partial charge in [0.1, 0.15) is 0 Å². The van der Waals surface area contributed by atoms with E-state index in [0.29, 0.717) is 12.8 Å². The normalized spacial score (nSPS) is 18.9. The minimum atomic E-state index is -4.62. The molecule has 1 saturated heterocycles. The van der Waals surface area contributed by atoms with Gasteiger partial charge in [-0.05, 0) is 25.0 Å². The SMILES string of the molecule is Cl.O=C(O)C[C@H](CN1CCC(F)(F)C1)NC(=O)c1cc(-c2ccccc2C(F)(F)F)n(C2CCCC2)n1. The van der Waals surface area contributed by atoms with E-state index in [1.165, 1.54) is 33.8 Å². The Morgan fingerprint density at radius 1 is 1.19 bits per heavy atom. The minimum Gasteiger partial charge on any atom is -0.481 e. The molecule has 0 unspecified atom stereocenters. The van der Waals surface area contributed by atoms with Gasteiger partial charge in [-0.25, -0.2) is 8.78 Å². The molecular weight excluding hydrogens is 523 g/mol. The number of amides is 1. The quantitative estimate of drug-likeness (QED) is 0.451. The van der Waals surface area contributed by atoms with Crippen molar-refractivity contribution in [2.24, 2.45) is 0 Å². The van der Waals surface area contributed by atoms with Gasteiger partial charge in [-0.1, -0.05) is 31.0 Å². The molecule has 204 valence electrons. The summed E-state index contributed by atoms with van der Waals surface area (Å²) in [5, 5.41) is 16.1. The van der Waals surface area contributed by atoms with Gasteiger partial charge in [-0.15, -0.1) is 12.4 Å². The van der Waals surface area contributed by atoms with Gasteiger partial charge in [0.05, 0.1) is 36.3 Å². The van der Waals surface area contributed by atoms with E-state index in [4.69, 9.17) is 0 Å². The second-order valence-corrected chi connectivity index (χ2v) is 9.45. The van der Waals surface area contributed by atoms with E-state index >= 15 is 0 Å². The van der Waals surface area contributed by atoms with Gasteiger partial charge in [-0.3, -0.25) is 19.2 Å². The van der Waals surface area contributed by atoms with Crippen molar-refractivity contribution >= 4 is 24.3 Å². The Hall–Kier alpha value is -2.73. The van der Waals surface area contributed by atoms with Crippen LogP contribution in [0.4, 0.5) is 22.0 Å². The monoisotopic (exact) mass is 550 g/mol. The Morgan fingerprint density at radius 2 is 1.86 bits per heavy atom. The molecule has 1 atom stereocenters. The van der Waals surface area contributed by atoms with Crippen LogP contribution in [-0.2, 0) is 11.0 Å². The molecule has 2 heterocycles. The molecule has 2 aromatic rings. The fraction of sp³-hybridized carbons (Fsp3) is 0.542. The largest absolute Gasteiger partial charge is 0.481 e. The van der Waals surface area contributed by atoms with Crippen LogP contribution >= 0.6 is 12.4 Å². The first-order chi connectivity index (χ1) is 16.9. The summed E-state index contributed by atoms with van der Waals surface area (Å²) in [6.07, 6.45) is -2.30. The van der Waals surface area contributed by atoms with Crippen LogP contribution in [0.5, 0.6) is 0 Å². The van der Waals surface area contributed by atoms with Crippen molar-refractivity contribution in [2.45, 2.75) is 62.7 Å². The van der Waals surface area contributed by atoms with E-state index in [1.54, 1.807) is 0 Å². The number of rotatable bonds is 8. The van der Waals surface area contributed by atoms with E-state index in [-0.39, 0.29) is 54.9 Å². The summed E-state index contributed by atoms with van der Waals surface area (Å²) < 4.78 is 69.8. The predicted octanol–water partition coefficient (Wildman–Crippen LogP) is 5.02. The summed E-state index contributed by atoms with van der Waals surface area (Å²) in [4.78, 5) is 25.8. The lowest BCUT2D eigenvalue weighted by molar-refractivity contribution is -0.138. The minimum absolute atomic E-state index is 0. The summed E-state index contributed by atoms with van der Waals surface area (Å²) >= 11 is 0. The fourth-order valence-electron chi connectivity index (χ4n) is 4.99. The van der Waals surface area contributed by atoms with E-state index in [0.717, 1.165) is 18.9 Å². The molecule has 0 spiro atoms. The smallest absolute Gasteiger partial charge is 0.417 e. The summed E-state index contributed by atoms with van der Waals surface area (Å²) in [6.45, 7) is -0.567. The van der Waals surface area contributed by atoms with Crippen LogP contribution in [0.2, 0.25) is 0 Å². The van der Waals surface area contributed by atoms with Crippen LogP contribution in [0.1, 0.15) is 60.6 Å². The van der Waals surface area contributed by atoms with Gasteiger partial charge in [0.2, 0.25) is 0 Å². The van der Waals surface area contributed by atoms with E-state index in [2.05, 4.69) is 10.4 Å². The Labute approximate surface area is 216 Å². The van der Waals surface area contributed by atoms with Crippen molar-refractivity contribution in [2.75, 3.05) is 19.6 Å². The van der Waals surface area contributed by atoms with Gasteiger partial charge in [0.15, 0.2) is 5.69 Å². The first kappa shape index (κ1) is 28.8. The lowest BCUT2D eigenvalue weighted by Gasteiger charge is -2.23. The van der Waals surface area contributed by atoms with Crippen LogP contribution in [0.3, 0.4) is 0 Å². The van der Waals surface area contributed by atoms with Crippen molar-refractivity contribution in [3.8, 4) is 11.3 Å². The molecule has 2 aliphatic rings. The zero-order valence-corrected chi connectivity index (χ0v) is 20.6. The number of carboxylic acid groups (broad SMARTS) is 1. The molecule has 1 aliphatic carbocycles. The first-order valence-electron chi connectivity index (χ1n) is 11.8. The van der Waals surface area contributed by atoms with Crippen molar-refractivity contribution < 1.29 is 36.6 Å². The fourth-order valence-corrected chi connectivity index (χ4v) is 4.99. The molecule has 7 nitrogen and oxygen atoms in total. The number of nitrogens with one attached hydrogen (secondary N) is 1. The highest BCUT2D eigenvalue weighted by Gasteiger charge is 2.39. The number of aliphatic carboxylic acids is 1.